The topological polar surface area (TPSA) is 99.8 Å². The van der Waals surface area contributed by atoms with E-state index in [-0.39, 0.29) is 29.0 Å². The molecule has 2 N–H and O–H groups in total. The number of carboxylic acid groups (broad SMARTS) is 1. The van der Waals surface area contributed by atoms with Gasteiger partial charge < -0.3 is 10.4 Å². The van der Waals surface area contributed by atoms with Crippen molar-refractivity contribution in [1.82, 2.24) is 24.8 Å². The van der Waals surface area contributed by atoms with Crippen LogP contribution in [-0.4, -0.2) is 68.3 Å². The van der Waals surface area contributed by atoms with Crippen LogP contribution in [0.3, 0.4) is 0 Å². The molecule has 3 heterocycles. The number of nitrogens with one attached hydrogen (secondary N) is 1. The fourth-order valence-corrected chi connectivity index (χ4v) is 3.12. The first kappa shape index (κ1) is 25.4. The molecule has 0 bridgehead atoms. The summed E-state index contributed by atoms with van der Waals surface area (Å²) < 4.78 is 58.8. The molecule has 1 amide bonds. The zero-order valence-electron chi connectivity index (χ0n) is 17.4. The molecule has 0 aliphatic carbocycles. The van der Waals surface area contributed by atoms with Crippen molar-refractivity contribution in [2.75, 3.05) is 19.6 Å². The molecule has 1 aliphatic rings. The molecular weight excluding hydrogens is 441 g/mol. The number of fused-ring (bicyclic) bond motifs is 1. The number of rotatable bonds is 5. The van der Waals surface area contributed by atoms with Gasteiger partial charge in [-0.15, -0.1) is 0 Å². The van der Waals surface area contributed by atoms with E-state index < -0.39 is 18.6 Å². The van der Waals surface area contributed by atoms with Crippen LogP contribution in [0.15, 0.2) is 18.3 Å². The average Bonchev–Trinajstić information content (AvgIpc) is 3.16. The van der Waals surface area contributed by atoms with E-state index in [9.17, 15) is 26.7 Å². The van der Waals surface area contributed by atoms with Crippen LogP contribution in [0.25, 0.3) is 5.65 Å². The fourth-order valence-electron chi connectivity index (χ4n) is 3.12. The summed E-state index contributed by atoms with van der Waals surface area (Å²) in [6.07, 6.45) is -4.12. The molecule has 0 radical (unpaired) electrons. The first-order valence-electron chi connectivity index (χ1n) is 9.85. The number of carbonyl (C=O) groups excluding carboxylic acids is 1. The number of hydrogen-bond donors (Lipinski definition) is 2. The van der Waals surface area contributed by atoms with Gasteiger partial charge in [-0.25, -0.2) is 23.1 Å². The lowest BCUT2D eigenvalue weighted by atomic mass is 9.98. The number of amides is 1. The highest BCUT2D eigenvalue weighted by Gasteiger charge is 2.38. The van der Waals surface area contributed by atoms with Gasteiger partial charge in [0.05, 0.1) is 0 Å². The van der Waals surface area contributed by atoms with Crippen LogP contribution >= 0.6 is 0 Å². The van der Waals surface area contributed by atoms with Gasteiger partial charge in [0.2, 0.25) is 0 Å². The van der Waals surface area contributed by atoms with Crippen molar-refractivity contribution >= 4 is 17.5 Å². The fraction of sp³-hybridized carbons (Fsp3) is 0.579. The molecule has 1 saturated heterocycles. The van der Waals surface area contributed by atoms with E-state index >= 15 is 0 Å². The third kappa shape index (κ3) is 6.84. The minimum absolute atomic E-state index is 0.0973. The van der Waals surface area contributed by atoms with Crippen molar-refractivity contribution in [3.8, 4) is 0 Å². The molecule has 13 heteroatoms. The summed E-state index contributed by atoms with van der Waals surface area (Å²) in [4.78, 5) is 27.6. The minimum atomic E-state index is -5.08. The Morgan fingerprint density at radius 3 is 2.41 bits per heavy atom. The molecule has 1 fully saturated rings. The highest BCUT2D eigenvalue weighted by atomic mass is 19.4. The van der Waals surface area contributed by atoms with Crippen molar-refractivity contribution in [2.45, 2.75) is 45.3 Å². The number of piperidine rings is 1. The van der Waals surface area contributed by atoms with Crippen LogP contribution in [0.1, 0.15) is 49.3 Å². The molecule has 178 valence electrons. The molecule has 1 unspecified atom stereocenters. The Morgan fingerprint density at radius 1 is 1.28 bits per heavy atom. The van der Waals surface area contributed by atoms with E-state index in [1.165, 1.54) is 31.2 Å². The van der Waals surface area contributed by atoms with Crippen molar-refractivity contribution in [2.24, 2.45) is 5.92 Å². The monoisotopic (exact) mass is 465 g/mol. The summed E-state index contributed by atoms with van der Waals surface area (Å²) in [5, 5.41) is 14.0. The zero-order chi connectivity index (χ0) is 24.1. The molecule has 2 aromatic rings. The summed E-state index contributed by atoms with van der Waals surface area (Å²) >= 11 is 0. The van der Waals surface area contributed by atoms with Crippen LogP contribution < -0.4 is 5.32 Å². The maximum atomic E-state index is 13.0. The summed E-state index contributed by atoms with van der Waals surface area (Å²) in [5.41, 5.74) is 0.0564. The Bertz CT molecular complexity index is 926. The van der Waals surface area contributed by atoms with Crippen LogP contribution in [-0.2, 0) is 4.79 Å². The second-order valence-corrected chi connectivity index (χ2v) is 7.55. The van der Waals surface area contributed by atoms with Gasteiger partial charge in [0.15, 0.2) is 11.3 Å². The van der Waals surface area contributed by atoms with Gasteiger partial charge in [0.25, 0.3) is 12.3 Å². The number of likely N-dealkylation sites (tertiary alicyclic amines) is 1. The minimum Gasteiger partial charge on any atom is -0.475 e. The van der Waals surface area contributed by atoms with Crippen LogP contribution in [0.5, 0.6) is 0 Å². The number of aliphatic carboxylic acids is 1. The zero-order valence-corrected chi connectivity index (χ0v) is 17.4. The average molecular weight is 465 g/mol. The second kappa shape index (κ2) is 10.7. The Labute approximate surface area is 180 Å². The number of carboxylic acids is 1. The van der Waals surface area contributed by atoms with Crippen LogP contribution in [0.4, 0.5) is 22.0 Å². The normalized spacial score (nSPS) is 16.5. The second-order valence-electron chi connectivity index (χ2n) is 7.55. The van der Waals surface area contributed by atoms with Crippen molar-refractivity contribution in [3.05, 3.63) is 29.7 Å². The number of aromatic nitrogens is 3. The lowest BCUT2D eigenvalue weighted by Gasteiger charge is -2.34. The predicted octanol–water partition coefficient (Wildman–Crippen LogP) is 3.15. The Morgan fingerprint density at radius 2 is 1.88 bits per heavy atom. The van der Waals surface area contributed by atoms with Crippen LogP contribution in [0.2, 0.25) is 0 Å². The summed E-state index contributed by atoms with van der Waals surface area (Å²) in [5.74, 6) is -2.37. The van der Waals surface area contributed by atoms with Crippen molar-refractivity contribution in [3.63, 3.8) is 0 Å². The van der Waals surface area contributed by atoms with Gasteiger partial charge >= 0.3 is 12.1 Å². The maximum absolute atomic E-state index is 13.0. The molecule has 2 aromatic heterocycles. The van der Waals surface area contributed by atoms with E-state index in [1.807, 2.05) is 0 Å². The number of hydrogen-bond acceptors (Lipinski definition) is 5. The van der Waals surface area contributed by atoms with E-state index in [0.29, 0.717) is 6.54 Å². The van der Waals surface area contributed by atoms with Crippen molar-refractivity contribution < 1.29 is 36.6 Å². The van der Waals surface area contributed by atoms with Gasteiger partial charge in [-0.3, -0.25) is 9.69 Å². The van der Waals surface area contributed by atoms with Gasteiger partial charge in [-0.05, 0) is 44.8 Å². The lowest BCUT2D eigenvalue weighted by Crippen LogP contribution is -2.45. The number of alkyl halides is 5. The summed E-state index contributed by atoms with van der Waals surface area (Å²) in [6.45, 7) is 6.91. The van der Waals surface area contributed by atoms with Crippen molar-refractivity contribution in [1.29, 1.82) is 0 Å². The number of halogens is 5. The molecule has 3 rings (SSSR count). The maximum Gasteiger partial charge on any atom is 0.490 e. The highest BCUT2D eigenvalue weighted by molar-refractivity contribution is 5.93. The molecule has 0 spiro atoms. The lowest BCUT2D eigenvalue weighted by molar-refractivity contribution is -0.192. The third-order valence-corrected chi connectivity index (χ3v) is 5.09. The standard InChI is InChI=1S/C17H23F2N5O.C2HF3O2/c1-11-4-7-23(8-5-11)12(2)10-21-17(25)13-9-15-20-6-3-14(16(18)19)24(15)22-13;3-2(4,5)1(6)7/h3,6,9,11-12,16H,4-5,7-8,10H2,1-2H3,(H,21,25);(H,6,7). The molecule has 0 saturated carbocycles. The van der Waals surface area contributed by atoms with E-state index in [2.05, 4.69) is 34.1 Å². The molecule has 0 aromatic carbocycles. The predicted molar refractivity (Wildman–Crippen MR) is 103 cm³/mol. The number of nitrogens with zero attached hydrogens (tertiary/aromatic N) is 4. The first-order chi connectivity index (χ1) is 14.9. The smallest absolute Gasteiger partial charge is 0.475 e. The molecular formula is C19H24F5N5O3. The molecule has 8 nitrogen and oxygen atoms in total. The summed E-state index contributed by atoms with van der Waals surface area (Å²) in [6, 6.07) is 2.85. The molecule has 1 atom stereocenters. The Balaban J connectivity index is 0.000000451. The van der Waals surface area contributed by atoms with E-state index in [4.69, 9.17) is 9.90 Å². The molecule has 32 heavy (non-hydrogen) atoms. The SMILES string of the molecule is CC1CCN(C(C)CNC(=O)c2cc3nccc(C(F)F)n3n2)CC1.O=C(O)C(F)(F)F. The number of carbonyl (C=O) groups is 2. The quantitative estimate of drug-likeness (QED) is 0.659. The Kier molecular flexibility index (Phi) is 8.47. The first-order valence-corrected chi connectivity index (χ1v) is 9.85. The largest absolute Gasteiger partial charge is 0.490 e. The van der Waals surface area contributed by atoms with Gasteiger partial charge in [-0.1, -0.05) is 6.92 Å². The third-order valence-electron chi connectivity index (χ3n) is 5.09. The highest BCUT2D eigenvalue weighted by Crippen LogP contribution is 2.20. The van der Waals surface area contributed by atoms with E-state index in [0.717, 1.165) is 23.5 Å². The summed E-state index contributed by atoms with van der Waals surface area (Å²) in [7, 11) is 0. The van der Waals surface area contributed by atoms with Gasteiger partial charge in [0, 0.05) is 24.8 Å². The van der Waals surface area contributed by atoms with Gasteiger partial charge in [0.1, 0.15) is 5.69 Å². The van der Waals surface area contributed by atoms with Crippen LogP contribution in [0, 0.1) is 5.92 Å². The molecule has 1 aliphatic heterocycles. The van der Waals surface area contributed by atoms with E-state index in [1.54, 1.807) is 0 Å². The van der Waals surface area contributed by atoms with Gasteiger partial charge in [-0.2, -0.15) is 18.3 Å². The Hall–Kier alpha value is -2.83.